The van der Waals surface area contributed by atoms with Crippen molar-refractivity contribution in [3.63, 3.8) is 0 Å². The first-order valence-electron chi connectivity index (χ1n) is 3.76. The van der Waals surface area contributed by atoms with Gasteiger partial charge in [-0.3, -0.25) is 0 Å². The molecule has 2 atom stereocenters. The molecule has 1 rings (SSSR count). The van der Waals surface area contributed by atoms with Crippen molar-refractivity contribution in [3.05, 3.63) is 23.8 Å². The van der Waals surface area contributed by atoms with E-state index in [1.165, 1.54) is 16.2 Å². The van der Waals surface area contributed by atoms with E-state index >= 15 is 0 Å². The highest BCUT2D eigenvalue weighted by molar-refractivity contribution is 7.29. The minimum absolute atomic E-state index is 0.619. The molecule has 11 heavy (non-hydrogen) atoms. The first-order valence-corrected chi connectivity index (χ1v) is 4.91. The van der Waals surface area contributed by atoms with Crippen molar-refractivity contribution in [3.8, 4) is 0 Å². The topological polar surface area (TPSA) is 0 Å². The zero-order valence-electron chi connectivity index (χ0n) is 6.96. The number of hydrogen-bond donors (Lipinski definition) is 0. The standard InChI is InChI=1S/C9H14P2/c1-6(2)8-4-3-7(10)5-9(8)11/h3-6H,10-11H2,1-2H3. The maximum atomic E-state index is 2.78. The Morgan fingerprint density at radius 3 is 2.27 bits per heavy atom. The predicted octanol–water partition coefficient (Wildman–Crippen LogP) is 1.81. The van der Waals surface area contributed by atoms with Gasteiger partial charge in [0.05, 0.1) is 0 Å². The van der Waals surface area contributed by atoms with Crippen LogP contribution >= 0.6 is 18.5 Å². The Bertz CT molecular complexity index is 254. The lowest BCUT2D eigenvalue weighted by Gasteiger charge is -2.09. The van der Waals surface area contributed by atoms with Crippen molar-refractivity contribution in [1.82, 2.24) is 0 Å². The normalized spacial score (nSPS) is 10.6. The Morgan fingerprint density at radius 1 is 1.18 bits per heavy atom. The molecule has 1 aromatic carbocycles. The zero-order valence-corrected chi connectivity index (χ0v) is 9.27. The largest absolute Gasteiger partial charge is 0.106 e. The highest BCUT2D eigenvalue weighted by atomic mass is 31.0. The first kappa shape index (κ1) is 9.17. The van der Waals surface area contributed by atoms with Gasteiger partial charge >= 0.3 is 0 Å². The fourth-order valence-electron chi connectivity index (χ4n) is 1.12. The molecule has 0 nitrogen and oxygen atoms in total. The van der Waals surface area contributed by atoms with Gasteiger partial charge in [0.25, 0.3) is 0 Å². The molecular weight excluding hydrogens is 170 g/mol. The summed E-state index contributed by atoms with van der Waals surface area (Å²) in [5, 5.41) is 2.56. The van der Waals surface area contributed by atoms with Crippen LogP contribution in [0, 0.1) is 0 Å². The highest BCUT2D eigenvalue weighted by Gasteiger charge is 2.01. The molecule has 0 heterocycles. The molecule has 0 aliphatic heterocycles. The number of hydrogen-bond acceptors (Lipinski definition) is 0. The van der Waals surface area contributed by atoms with E-state index in [2.05, 4.69) is 50.5 Å². The van der Waals surface area contributed by atoms with Crippen LogP contribution in [-0.2, 0) is 0 Å². The van der Waals surface area contributed by atoms with Crippen LogP contribution in [0.15, 0.2) is 18.2 Å². The summed E-state index contributed by atoms with van der Waals surface area (Å²) in [6, 6.07) is 6.49. The maximum absolute atomic E-state index is 2.78. The van der Waals surface area contributed by atoms with Crippen molar-refractivity contribution >= 4 is 29.1 Å². The van der Waals surface area contributed by atoms with Gasteiger partial charge in [0.2, 0.25) is 0 Å². The third-order valence-electron chi connectivity index (χ3n) is 1.73. The van der Waals surface area contributed by atoms with E-state index < -0.39 is 0 Å². The van der Waals surface area contributed by atoms with Crippen LogP contribution in [0.25, 0.3) is 0 Å². The van der Waals surface area contributed by atoms with E-state index in [0.717, 1.165) is 0 Å². The molecule has 1 aromatic rings. The Hall–Kier alpha value is 0.0800. The maximum Gasteiger partial charge on any atom is -0.0213 e. The molecule has 0 aliphatic carbocycles. The van der Waals surface area contributed by atoms with Gasteiger partial charge in [-0.05, 0) is 28.2 Å². The molecule has 0 radical (unpaired) electrons. The minimum atomic E-state index is 0.619. The van der Waals surface area contributed by atoms with Gasteiger partial charge in [0.1, 0.15) is 0 Å². The smallest absolute Gasteiger partial charge is 0.0213 e. The highest BCUT2D eigenvalue weighted by Crippen LogP contribution is 2.12. The van der Waals surface area contributed by atoms with Gasteiger partial charge in [-0.1, -0.05) is 26.0 Å². The molecule has 0 aromatic heterocycles. The Kier molecular flexibility index (Phi) is 3.05. The lowest BCUT2D eigenvalue weighted by molar-refractivity contribution is 0.874. The van der Waals surface area contributed by atoms with Crippen LogP contribution in [0.3, 0.4) is 0 Å². The average molecular weight is 184 g/mol. The molecule has 0 N–H and O–H groups in total. The summed E-state index contributed by atoms with van der Waals surface area (Å²) in [4.78, 5) is 0. The third kappa shape index (κ3) is 2.26. The summed E-state index contributed by atoms with van der Waals surface area (Å²) in [6.45, 7) is 4.43. The second-order valence-electron chi connectivity index (χ2n) is 3.04. The Labute approximate surface area is 73.2 Å². The van der Waals surface area contributed by atoms with Crippen LogP contribution in [0.2, 0.25) is 0 Å². The fourth-order valence-corrected chi connectivity index (χ4v) is 2.21. The second kappa shape index (κ2) is 3.65. The summed E-state index contributed by atoms with van der Waals surface area (Å²) >= 11 is 0. The monoisotopic (exact) mass is 184 g/mol. The predicted molar refractivity (Wildman–Crippen MR) is 59.2 cm³/mol. The summed E-state index contributed by atoms with van der Waals surface area (Å²) in [5.41, 5.74) is 1.42. The zero-order chi connectivity index (χ0) is 8.43. The molecule has 2 unspecified atom stereocenters. The summed E-state index contributed by atoms with van der Waals surface area (Å²) in [7, 11) is 5.48. The molecule has 0 amide bonds. The van der Waals surface area contributed by atoms with E-state index in [1.807, 2.05) is 0 Å². The summed E-state index contributed by atoms with van der Waals surface area (Å²) < 4.78 is 0. The molecule has 0 saturated heterocycles. The fraction of sp³-hybridized carbons (Fsp3) is 0.333. The van der Waals surface area contributed by atoms with Crippen molar-refractivity contribution in [2.75, 3.05) is 0 Å². The molecule has 0 bridgehead atoms. The third-order valence-corrected chi connectivity index (χ3v) is 2.59. The molecule has 0 fully saturated rings. The van der Waals surface area contributed by atoms with Crippen LogP contribution in [0.5, 0.6) is 0 Å². The van der Waals surface area contributed by atoms with Crippen molar-refractivity contribution in [2.24, 2.45) is 0 Å². The van der Waals surface area contributed by atoms with Crippen molar-refractivity contribution < 1.29 is 0 Å². The first-order chi connectivity index (χ1) is 5.11. The van der Waals surface area contributed by atoms with Crippen LogP contribution in [0.4, 0.5) is 0 Å². The summed E-state index contributed by atoms with van der Waals surface area (Å²) in [6.07, 6.45) is 0. The van der Waals surface area contributed by atoms with E-state index in [4.69, 9.17) is 0 Å². The van der Waals surface area contributed by atoms with E-state index in [1.54, 1.807) is 0 Å². The molecule has 60 valence electrons. The lowest BCUT2D eigenvalue weighted by Crippen LogP contribution is -2.08. The quantitative estimate of drug-likeness (QED) is 0.584. The van der Waals surface area contributed by atoms with Gasteiger partial charge in [0, 0.05) is 0 Å². The van der Waals surface area contributed by atoms with Crippen LogP contribution in [0.1, 0.15) is 25.3 Å². The second-order valence-corrected chi connectivity index (χ2v) is 4.33. The van der Waals surface area contributed by atoms with Gasteiger partial charge < -0.3 is 0 Å². The molecular formula is C9H14P2. The van der Waals surface area contributed by atoms with Crippen LogP contribution < -0.4 is 10.6 Å². The van der Waals surface area contributed by atoms with E-state index in [0.29, 0.717) is 5.92 Å². The number of rotatable bonds is 1. The van der Waals surface area contributed by atoms with Crippen LogP contribution in [-0.4, -0.2) is 0 Å². The Morgan fingerprint density at radius 2 is 1.82 bits per heavy atom. The van der Waals surface area contributed by atoms with Gasteiger partial charge in [-0.25, -0.2) is 0 Å². The molecule has 2 heteroatoms. The van der Waals surface area contributed by atoms with E-state index in [9.17, 15) is 0 Å². The SMILES string of the molecule is CC(C)c1ccc(P)cc1P. The molecule has 0 aliphatic rings. The lowest BCUT2D eigenvalue weighted by atomic mass is 10.0. The van der Waals surface area contributed by atoms with Gasteiger partial charge in [-0.15, -0.1) is 18.5 Å². The molecule has 0 spiro atoms. The van der Waals surface area contributed by atoms with E-state index in [-0.39, 0.29) is 0 Å². The van der Waals surface area contributed by atoms with Gasteiger partial charge in [0.15, 0.2) is 0 Å². The Balaban J connectivity index is 3.09. The van der Waals surface area contributed by atoms with Gasteiger partial charge in [-0.2, -0.15) is 0 Å². The average Bonchev–Trinajstić information content (AvgIpc) is 1.85. The van der Waals surface area contributed by atoms with Crippen molar-refractivity contribution in [2.45, 2.75) is 19.8 Å². The number of benzene rings is 1. The van der Waals surface area contributed by atoms with Crippen molar-refractivity contribution in [1.29, 1.82) is 0 Å². The summed E-state index contributed by atoms with van der Waals surface area (Å²) in [5.74, 6) is 0.619. The molecule has 0 saturated carbocycles. The minimum Gasteiger partial charge on any atom is -0.106 e.